The Morgan fingerprint density at radius 2 is 2.21 bits per heavy atom. The maximum absolute atomic E-state index is 4.47. The normalized spacial score (nSPS) is 11.1. The molecule has 0 amide bonds. The van der Waals surface area contributed by atoms with Crippen molar-refractivity contribution in [1.29, 1.82) is 0 Å². The molecule has 0 saturated carbocycles. The van der Waals surface area contributed by atoms with Crippen molar-refractivity contribution < 1.29 is 0 Å². The Hall–Kier alpha value is -0.120. The lowest BCUT2D eigenvalue weighted by Crippen LogP contribution is -1.81. The number of hydrogen-bond donors (Lipinski definition) is 1. The van der Waals surface area contributed by atoms with Gasteiger partial charge < -0.3 is 0 Å². The monoisotopic (exact) mass is 240 g/mol. The van der Waals surface area contributed by atoms with Gasteiger partial charge in [0.2, 0.25) is 0 Å². The number of hydrogen-bond acceptors (Lipinski definition) is 3. The highest BCUT2D eigenvalue weighted by atomic mass is 32.2. The predicted octanol–water partition coefficient (Wildman–Crippen LogP) is 4.47. The van der Waals surface area contributed by atoms with E-state index in [0.717, 1.165) is 11.3 Å². The van der Waals surface area contributed by atoms with Gasteiger partial charge in [-0.15, -0.1) is 35.7 Å². The van der Waals surface area contributed by atoms with Crippen LogP contribution in [0.4, 0.5) is 0 Å². The zero-order chi connectivity index (χ0) is 10.1. The first-order valence-electron chi connectivity index (χ1n) is 4.53. The van der Waals surface area contributed by atoms with Crippen molar-refractivity contribution in [2.45, 2.75) is 23.1 Å². The molecule has 0 unspecified atom stereocenters. The summed E-state index contributed by atoms with van der Waals surface area (Å²) in [5, 5.41) is 3.43. The summed E-state index contributed by atoms with van der Waals surface area (Å²) in [4.78, 5) is 2.44. The summed E-state index contributed by atoms with van der Waals surface area (Å²) in [5.41, 5.74) is 1.44. The highest BCUT2D eigenvalue weighted by Gasteiger charge is 2.06. The van der Waals surface area contributed by atoms with Gasteiger partial charge in [-0.3, -0.25) is 0 Å². The van der Waals surface area contributed by atoms with Crippen LogP contribution in [-0.4, -0.2) is 6.26 Å². The summed E-state index contributed by atoms with van der Waals surface area (Å²) in [6, 6.07) is 4.52. The highest BCUT2D eigenvalue weighted by molar-refractivity contribution is 7.98. The minimum atomic E-state index is 1.10. The number of thioether (sulfide) groups is 1. The van der Waals surface area contributed by atoms with Crippen LogP contribution in [0.3, 0.4) is 0 Å². The number of fused-ring (bicyclic) bond motifs is 1. The lowest BCUT2D eigenvalue weighted by molar-refractivity contribution is 1.15. The fourth-order valence-corrected chi connectivity index (χ4v) is 3.46. The van der Waals surface area contributed by atoms with Crippen molar-refractivity contribution >= 4 is 45.8 Å². The molecule has 0 aliphatic heterocycles. The minimum Gasteiger partial charge on any atom is -0.142 e. The minimum absolute atomic E-state index is 1.10. The van der Waals surface area contributed by atoms with E-state index in [2.05, 4.69) is 43.3 Å². The van der Waals surface area contributed by atoms with Gasteiger partial charge in [-0.2, -0.15) is 0 Å². The summed E-state index contributed by atoms with van der Waals surface area (Å²) >= 11 is 8.07. The second-order valence-corrected chi connectivity index (χ2v) is 5.38. The maximum Gasteiger partial charge on any atom is 0.0386 e. The standard InChI is InChI=1S/C11H12S3/c1-3-7-4-8(13-2)5-9-10(12)6-14-11(7)9/h4-6,12H,3H2,1-2H3. The number of benzene rings is 1. The van der Waals surface area contributed by atoms with Crippen LogP contribution < -0.4 is 0 Å². The molecule has 0 fully saturated rings. The summed E-state index contributed by atoms with van der Waals surface area (Å²) in [6.07, 6.45) is 3.21. The molecule has 0 radical (unpaired) electrons. The van der Waals surface area contributed by atoms with Gasteiger partial charge in [0.1, 0.15) is 0 Å². The van der Waals surface area contributed by atoms with E-state index in [1.165, 1.54) is 20.5 Å². The van der Waals surface area contributed by atoms with Crippen molar-refractivity contribution in [2.75, 3.05) is 6.26 Å². The Bertz CT molecular complexity index is 457. The maximum atomic E-state index is 4.47. The molecule has 14 heavy (non-hydrogen) atoms. The Kier molecular flexibility index (Phi) is 3.10. The zero-order valence-corrected chi connectivity index (χ0v) is 10.7. The van der Waals surface area contributed by atoms with Gasteiger partial charge in [-0.05, 0) is 30.4 Å². The molecule has 0 bridgehead atoms. The van der Waals surface area contributed by atoms with Gasteiger partial charge >= 0.3 is 0 Å². The average Bonchev–Trinajstić information content (AvgIpc) is 2.59. The molecule has 1 heterocycles. The van der Waals surface area contributed by atoms with Crippen LogP contribution in [-0.2, 0) is 6.42 Å². The summed E-state index contributed by atoms with van der Waals surface area (Å²) in [5.74, 6) is 0. The predicted molar refractivity (Wildman–Crippen MR) is 70.2 cm³/mol. The third-order valence-corrected chi connectivity index (χ3v) is 4.64. The van der Waals surface area contributed by atoms with Crippen molar-refractivity contribution in [3.63, 3.8) is 0 Å². The van der Waals surface area contributed by atoms with E-state index in [-0.39, 0.29) is 0 Å². The van der Waals surface area contributed by atoms with E-state index in [4.69, 9.17) is 0 Å². The highest BCUT2D eigenvalue weighted by Crippen LogP contribution is 2.34. The largest absolute Gasteiger partial charge is 0.142 e. The molecule has 0 aliphatic rings. The zero-order valence-electron chi connectivity index (χ0n) is 8.20. The Balaban J connectivity index is 2.76. The molecule has 1 aromatic heterocycles. The molecule has 0 nitrogen and oxygen atoms in total. The molecular weight excluding hydrogens is 228 g/mol. The van der Waals surface area contributed by atoms with Gasteiger partial charge in [0.25, 0.3) is 0 Å². The quantitative estimate of drug-likeness (QED) is 0.597. The van der Waals surface area contributed by atoms with Gasteiger partial charge in [0.05, 0.1) is 0 Å². The van der Waals surface area contributed by atoms with E-state index in [1.54, 1.807) is 23.1 Å². The van der Waals surface area contributed by atoms with Crippen molar-refractivity contribution in [2.24, 2.45) is 0 Å². The van der Waals surface area contributed by atoms with E-state index in [1.807, 2.05) is 0 Å². The number of thiol groups is 1. The summed E-state index contributed by atoms with van der Waals surface area (Å²) < 4.78 is 1.40. The van der Waals surface area contributed by atoms with Crippen LogP contribution in [0.5, 0.6) is 0 Å². The van der Waals surface area contributed by atoms with Crippen LogP contribution >= 0.6 is 35.7 Å². The average molecular weight is 240 g/mol. The molecule has 2 rings (SSSR count). The van der Waals surface area contributed by atoms with E-state index >= 15 is 0 Å². The second kappa shape index (κ2) is 4.17. The number of rotatable bonds is 2. The lowest BCUT2D eigenvalue weighted by Gasteiger charge is -2.03. The molecule has 74 valence electrons. The first kappa shape index (κ1) is 10.4. The van der Waals surface area contributed by atoms with Crippen LogP contribution in [0, 0.1) is 0 Å². The summed E-state index contributed by atoms with van der Waals surface area (Å²) in [7, 11) is 0. The first-order valence-corrected chi connectivity index (χ1v) is 7.08. The fourth-order valence-electron chi connectivity index (χ4n) is 1.55. The van der Waals surface area contributed by atoms with Crippen LogP contribution in [0.25, 0.3) is 10.1 Å². The summed E-state index contributed by atoms with van der Waals surface area (Å²) in [6.45, 7) is 2.21. The molecule has 2 aromatic rings. The molecule has 0 spiro atoms. The van der Waals surface area contributed by atoms with Gasteiger partial charge in [-0.25, -0.2) is 0 Å². The topological polar surface area (TPSA) is 0 Å². The lowest BCUT2D eigenvalue weighted by atomic mass is 10.1. The van der Waals surface area contributed by atoms with Crippen molar-refractivity contribution in [3.05, 3.63) is 23.1 Å². The van der Waals surface area contributed by atoms with E-state index in [0.29, 0.717) is 0 Å². The Morgan fingerprint density at radius 3 is 2.86 bits per heavy atom. The Morgan fingerprint density at radius 1 is 1.43 bits per heavy atom. The molecule has 1 aromatic carbocycles. The van der Waals surface area contributed by atoms with Crippen molar-refractivity contribution in [1.82, 2.24) is 0 Å². The Labute approximate surface area is 98.1 Å². The molecule has 0 atom stereocenters. The molecule has 3 heteroatoms. The SMILES string of the molecule is CCc1cc(SC)cc2c(S)csc12. The smallest absolute Gasteiger partial charge is 0.0386 e. The molecule has 0 N–H and O–H groups in total. The van der Waals surface area contributed by atoms with E-state index < -0.39 is 0 Å². The third kappa shape index (κ3) is 1.69. The fraction of sp³-hybridized carbons (Fsp3) is 0.273. The van der Waals surface area contributed by atoms with Gasteiger partial charge in [0.15, 0.2) is 0 Å². The third-order valence-electron chi connectivity index (χ3n) is 2.32. The van der Waals surface area contributed by atoms with Crippen LogP contribution in [0.15, 0.2) is 27.3 Å². The van der Waals surface area contributed by atoms with E-state index in [9.17, 15) is 0 Å². The van der Waals surface area contributed by atoms with Gasteiger partial charge in [-0.1, -0.05) is 6.92 Å². The van der Waals surface area contributed by atoms with Gasteiger partial charge in [0, 0.05) is 25.3 Å². The van der Waals surface area contributed by atoms with Crippen LogP contribution in [0.1, 0.15) is 12.5 Å². The second-order valence-electron chi connectivity index (χ2n) is 3.14. The van der Waals surface area contributed by atoms with Crippen molar-refractivity contribution in [3.8, 4) is 0 Å². The molecular formula is C11H12S3. The molecule has 0 saturated heterocycles. The number of aryl methyl sites for hydroxylation is 1. The first-order chi connectivity index (χ1) is 6.76. The molecule has 0 aliphatic carbocycles. The number of thiophene rings is 1. The van der Waals surface area contributed by atoms with Crippen LogP contribution in [0.2, 0.25) is 0 Å².